The first-order valence-corrected chi connectivity index (χ1v) is 12.0. The van der Waals surface area contributed by atoms with E-state index >= 15 is 0 Å². The second-order valence-corrected chi connectivity index (χ2v) is 10.4. The Labute approximate surface area is 213 Å². The second-order valence-electron chi connectivity index (χ2n) is 10.4. The van der Waals surface area contributed by atoms with E-state index in [1.54, 1.807) is 20.0 Å². The van der Waals surface area contributed by atoms with Gasteiger partial charge in [-0.3, -0.25) is 0 Å². The molecule has 1 amide bonds. The molecule has 2 unspecified atom stereocenters. The van der Waals surface area contributed by atoms with E-state index in [0.717, 1.165) is 17.2 Å². The van der Waals surface area contributed by atoms with E-state index in [1.165, 1.54) is 17.0 Å². The van der Waals surface area contributed by atoms with Crippen molar-refractivity contribution in [2.45, 2.75) is 59.5 Å². The van der Waals surface area contributed by atoms with Crippen molar-refractivity contribution in [1.29, 1.82) is 0 Å². The van der Waals surface area contributed by atoms with Gasteiger partial charge in [-0.2, -0.15) is 0 Å². The smallest absolute Gasteiger partial charge is 0.407 e. The fourth-order valence-corrected chi connectivity index (χ4v) is 4.72. The quantitative estimate of drug-likeness (QED) is 0.392. The van der Waals surface area contributed by atoms with Crippen LogP contribution in [0.2, 0.25) is 0 Å². The molecule has 3 aromatic rings. The number of nitrogens with one attached hydrogen (secondary N) is 1. The summed E-state index contributed by atoms with van der Waals surface area (Å²) in [7, 11) is 0. The minimum Gasteiger partial charge on any atom is -0.465 e. The molecule has 2 aromatic heterocycles. The molecule has 37 heavy (non-hydrogen) atoms. The molecular formula is C27H30F3N5O2. The number of anilines is 1. The number of hydrogen-bond donors (Lipinski definition) is 2. The molecule has 2 N–H and O–H groups in total. The van der Waals surface area contributed by atoms with Crippen molar-refractivity contribution in [2.75, 3.05) is 11.9 Å². The lowest BCUT2D eigenvalue weighted by Crippen LogP contribution is -2.48. The summed E-state index contributed by atoms with van der Waals surface area (Å²) >= 11 is 0. The summed E-state index contributed by atoms with van der Waals surface area (Å²) in [6.07, 6.45) is 0.226. The van der Waals surface area contributed by atoms with Crippen LogP contribution in [-0.4, -0.2) is 43.6 Å². The average Bonchev–Trinajstić information content (AvgIpc) is 2.82. The number of rotatable bonds is 5. The molecule has 10 heteroatoms. The van der Waals surface area contributed by atoms with Crippen LogP contribution in [0.15, 0.2) is 36.5 Å². The number of fused-ring (bicyclic) bond motifs is 1. The van der Waals surface area contributed by atoms with Gasteiger partial charge in [0.25, 0.3) is 6.43 Å². The van der Waals surface area contributed by atoms with Gasteiger partial charge in [0.2, 0.25) is 0 Å². The van der Waals surface area contributed by atoms with Crippen molar-refractivity contribution in [2.24, 2.45) is 5.41 Å². The number of benzene rings is 1. The van der Waals surface area contributed by atoms with Crippen LogP contribution >= 0.6 is 0 Å². The summed E-state index contributed by atoms with van der Waals surface area (Å²) in [5, 5.41) is 13.4. The van der Waals surface area contributed by atoms with Crippen LogP contribution in [0.4, 0.5) is 23.8 Å². The van der Waals surface area contributed by atoms with Crippen LogP contribution in [-0.2, 0) is 0 Å². The minimum atomic E-state index is -2.92. The fraction of sp³-hybridized carbons (Fsp3) is 0.407. The molecule has 1 aliphatic heterocycles. The number of pyridine rings is 1. The zero-order valence-electron chi connectivity index (χ0n) is 21.4. The van der Waals surface area contributed by atoms with Gasteiger partial charge in [-0.25, -0.2) is 32.9 Å². The highest BCUT2D eigenvalue weighted by Crippen LogP contribution is 2.37. The molecule has 0 radical (unpaired) electrons. The van der Waals surface area contributed by atoms with Gasteiger partial charge < -0.3 is 15.3 Å². The Kier molecular flexibility index (Phi) is 7.12. The normalized spacial score (nSPS) is 17.2. The molecular weight excluding hydrogens is 483 g/mol. The molecule has 4 rings (SSSR count). The molecule has 0 saturated heterocycles. The molecule has 0 aliphatic carbocycles. The predicted octanol–water partition coefficient (Wildman–Crippen LogP) is 6.76. The van der Waals surface area contributed by atoms with Gasteiger partial charge in [-0.1, -0.05) is 45.0 Å². The van der Waals surface area contributed by atoms with E-state index in [1.807, 2.05) is 32.9 Å². The molecule has 2 atom stereocenters. The van der Waals surface area contributed by atoms with Gasteiger partial charge >= 0.3 is 6.09 Å². The molecule has 0 spiro atoms. The monoisotopic (exact) mass is 513 g/mol. The summed E-state index contributed by atoms with van der Waals surface area (Å²) in [6, 6.07) is 4.94. The predicted molar refractivity (Wildman–Crippen MR) is 136 cm³/mol. The van der Waals surface area contributed by atoms with Crippen LogP contribution in [0.25, 0.3) is 16.6 Å². The van der Waals surface area contributed by atoms with E-state index < -0.39 is 29.9 Å². The zero-order valence-corrected chi connectivity index (χ0v) is 21.4. The van der Waals surface area contributed by atoms with Gasteiger partial charge in [-0.05, 0) is 42.9 Å². The Morgan fingerprint density at radius 1 is 1.22 bits per heavy atom. The van der Waals surface area contributed by atoms with Crippen molar-refractivity contribution in [3.05, 3.63) is 64.9 Å². The summed E-state index contributed by atoms with van der Waals surface area (Å²) in [5.74, 6) is -0.0943. The van der Waals surface area contributed by atoms with Gasteiger partial charge in [0, 0.05) is 24.3 Å². The number of aryl methyl sites for hydroxylation is 1. The summed E-state index contributed by atoms with van der Waals surface area (Å²) in [5.41, 5.74) is 1.38. The third-order valence-corrected chi connectivity index (χ3v) is 6.72. The molecule has 3 heterocycles. The average molecular weight is 514 g/mol. The van der Waals surface area contributed by atoms with E-state index in [4.69, 9.17) is 0 Å². The lowest BCUT2D eigenvalue weighted by Gasteiger charge is -2.41. The Bertz CT molecular complexity index is 1370. The largest absolute Gasteiger partial charge is 0.465 e. The third kappa shape index (κ3) is 5.38. The van der Waals surface area contributed by atoms with Gasteiger partial charge in [0.05, 0.1) is 17.0 Å². The SMILES string of the molecule is Cc1nc(NC(C)c2cccc(C(F)F)c2F)c2cc(C3=CCN(C(=O)O)C(C(C)(C)C)C3)cnc2n1. The van der Waals surface area contributed by atoms with E-state index in [-0.39, 0.29) is 23.6 Å². The minimum absolute atomic E-state index is 0.100. The van der Waals surface area contributed by atoms with Crippen LogP contribution in [0.1, 0.15) is 69.1 Å². The maximum atomic E-state index is 14.8. The Hall–Kier alpha value is -3.69. The first-order chi connectivity index (χ1) is 17.4. The van der Waals surface area contributed by atoms with Crippen molar-refractivity contribution >= 4 is 28.5 Å². The van der Waals surface area contributed by atoms with E-state index in [2.05, 4.69) is 20.3 Å². The number of halogens is 3. The van der Waals surface area contributed by atoms with Crippen LogP contribution < -0.4 is 5.32 Å². The molecule has 1 aromatic carbocycles. The maximum Gasteiger partial charge on any atom is 0.407 e. The first-order valence-electron chi connectivity index (χ1n) is 12.0. The first kappa shape index (κ1) is 26.4. The Morgan fingerprint density at radius 2 is 1.92 bits per heavy atom. The molecule has 7 nitrogen and oxygen atoms in total. The van der Waals surface area contributed by atoms with Crippen molar-refractivity contribution in [3.63, 3.8) is 0 Å². The molecule has 196 valence electrons. The van der Waals surface area contributed by atoms with Gasteiger partial charge in [0.15, 0.2) is 5.65 Å². The van der Waals surface area contributed by atoms with Crippen molar-refractivity contribution in [1.82, 2.24) is 19.9 Å². The summed E-state index contributed by atoms with van der Waals surface area (Å²) in [4.78, 5) is 26.7. The van der Waals surface area contributed by atoms with Gasteiger partial charge in [0.1, 0.15) is 17.5 Å². The maximum absolute atomic E-state index is 14.8. The number of nitrogens with zero attached hydrogens (tertiary/aromatic N) is 4. The van der Waals surface area contributed by atoms with Crippen LogP contribution in [0, 0.1) is 18.2 Å². The molecule has 0 bridgehead atoms. The van der Waals surface area contributed by atoms with Crippen LogP contribution in [0.5, 0.6) is 0 Å². The van der Waals surface area contributed by atoms with Gasteiger partial charge in [-0.15, -0.1) is 0 Å². The number of amides is 1. The standard InChI is InChI=1S/C27H30F3N5O2/c1-14(18-7-6-8-19(22(18)28)23(29)30)32-25-20-11-17(13-31-24(20)33-15(2)34-25)16-9-10-35(26(36)37)21(12-16)27(3,4)5/h6-9,11,13-14,21,23H,10,12H2,1-5H3,(H,36,37)(H,31,32,33,34). The topological polar surface area (TPSA) is 91.2 Å². The van der Waals surface area contributed by atoms with E-state index in [9.17, 15) is 23.1 Å². The number of carboxylic acid groups (broad SMARTS) is 1. The molecule has 1 aliphatic rings. The number of aromatic nitrogens is 3. The van der Waals surface area contributed by atoms with Crippen molar-refractivity contribution in [3.8, 4) is 0 Å². The van der Waals surface area contributed by atoms with Crippen molar-refractivity contribution < 1.29 is 23.1 Å². The highest BCUT2D eigenvalue weighted by molar-refractivity contribution is 5.89. The number of alkyl halides is 2. The lowest BCUT2D eigenvalue weighted by molar-refractivity contribution is 0.0884. The van der Waals surface area contributed by atoms with E-state index in [0.29, 0.717) is 29.1 Å². The zero-order chi connectivity index (χ0) is 27.1. The molecule has 0 saturated carbocycles. The fourth-order valence-electron chi connectivity index (χ4n) is 4.72. The number of hydrogen-bond acceptors (Lipinski definition) is 5. The Morgan fingerprint density at radius 3 is 2.57 bits per heavy atom. The highest BCUT2D eigenvalue weighted by atomic mass is 19.3. The van der Waals surface area contributed by atoms with Crippen LogP contribution in [0.3, 0.4) is 0 Å². The summed E-state index contributed by atoms with van der Waals surface area (Å²) in [6.45, 7) is 9.68. The highest BCUT2D eigenvalue weighted by Gasteiger charge is 2.36. The molecule has 0 fully saturated rings. The Balaban J connectivity index is 1.72. The lowest BCUT2D eigenvalue weighted by atomic mass is 9.79. The number of carbonyl (C=O) groups is 1. The second kappa shape index (κ2) is 9.99. The summed E-state index contributed by atoms with van der Waals surface area (Å²) < 4.78 is 41.2. The third-order valence-electron chi connectivity index (χ3n) is 6.72.